The molecule has 6 nitrogen and oxygen atoms in total. The Hall–Kier alpha value is -1.98. The summed E-state index contributed by atoms with van der Waals surface area (Å²) in [6.07, 6.45) is 2.46. The highest BCUT2D eigenvalue weighted by molar-refractivity contribution is 6.06. The monoisotopic (exact) mass is 253 g/mol. The normalized spacial score (nSPS) is 12.4. The Morgan fingerprint density at radius 3 is 2.67 bits per heavy atom. The van der Waals surface area contributed by atoms with Crippen LogP contribution in [-0.2, 0) is 11.3 Å². The maximum Gasteiger partial charge on any atom is 0.234 e. The predicted molar refractivity (Wildman–Crippen MR) is 67.0 cm³/mol. The molecule has 0 atom stereocenters. The lowest BCUT2D eigenvalue weighted by Gasteiger charge is -2.28. The van der Waals surface area contributed by atoms with Crippen LogP contribution in [0.15, 0.2) is 28.0 Å². The molecule has 0 saturated heterocycles. The van der Waals surface area contributed by atoms with Gasteiger partial charge < -0.3 is 20.7 Å². The summed E-state index contributed by atoms with van der Waals surface area (Å²) in [6, 6.07) is 3.52. The zero-order valence-electron chi connectivity index (χ0n) is 10.6. The van der Waals surface area contributed by atoms with E-state index in [0.717, 1.165) is 0 Å². The summed E-state index contributed by atoms with van der Waals surface area (Å²) in [6.45, 7) is 3.94. The van der Waals surface area contributed by atoms with Gasteiger partial charge in [0, 0.05) is 0 Å². The van der Waals surface area contributed by atoms with E-state index in [1.54, 1.807) is 12.1 Å². The van der Waals surface area contributed by atoms with Gasteiger partial charge in [-0.2, -0.15) is 0 Å². The van der Waals surface area contributed by atoms with Gasteiger partial charge in [-0.3, -0.25) is 4.79 Å². The third-order valence-electron chi connectivity index (χ3n) is 3.24. The number of oxime groups is 1. The van der Waals surface area contributed by atoms with Crippen molar-refractivity contribution in [3.05, 3.63) is 24.2 Å². The molecule has 1 rings (SSSR count). The number of furan rings is 1. The van der Waals surface area contributed by atoms with Gasteiger partial charge in [0.15, 0.2) is 5.84 Å². The van der Waals surface area contributed by atoms with Crippen molar-refractivity contribution in [1.82, 2.24) is 5.32 Å². The minimum atomic E-state index is -0.971. The molecule has 0 aromatic carbocycles. The number of nitrogens with two attached hydrogens (primary N) is 1. The van der Waals surface area contributed by atoms with E-state index >= 15 is 0 Å². The molecule has 0 aliphatic carbocycles. The first-order chi connectivity index (χ1) is 8.60. The Morgan fingerprint density at radius 1 is 1.56 bits per heavy atom. The second-order valence-electron chi connectivity index (χ2n) is 4.04. The molecule has 0 unspecified atom stereocenters. The van der Waals surface area contributed by atoms with E-state index in [0.29, 0.717) is 18.6 Å². The van der Waals surface area contributed by atoms with E-state index in [2.05, 4.69) is 10.5 Å². The fourth-order valence-corrected chi connectivity index (χ4v) is 1.90. The molecule has 1 aromatic rings. The Bertz CT molecular complexity index is 408. The van der Waals surface area contributed by atoms with Crippen LogP contribution >= 0.6 is 0 Å². The molecule has 1 aromatic heterocycles. The molecule has 0 saturated carbocycles. The highest BCUT2D eigenvalue weighted by atomic mass is 16.4. The summed E-state index contributed by atoms with van der Waals surface area (Å²) in [7, 11) is 0. The smallest absolute Gasteiger partial charge is 0.234 e. The predicted octanol–water partition coefficient (Wildman–Crippen LogP) is 1.45. The molecule has 0 aliphatic rings. The third kappa shape index (κ3) is 2.64. The fraction of sp³-hybridized carbons (Fsp3) is 0.500. The van der Waals surface area contributed by atoms with Crippen molar-refractivity contribution in [1.29, 1.82) is 0 Å². The number of carbonyl (C=O) groups is 1. The van der Waals surface area contributed by atoms with Crippen molar-refractivity contribution in [3.63, 3.8) is 0 Å². The Kier molecular flexibility index (Phi) is 4.76. The van der Waals surface area contributed by atoms with Gasteiger partial charge in [0.1, 0.15) is 11.2 Å². The maximum atomic E-state index is 12.2. The van der Waals surface area contributed by atoms with E-state index in [9.17, 15) is 4.79 Å². The van der Waals surface area contributed by atoms with E-state index in [-0.39, 0.29) is 18.3 Å². The molecule has 0 spiro atoms. The summed E-state index contributed by atoms with van der Waals surface area (Å²) in [5.74, 6) is 0.326. The highest BCUT2D eigenvalue weighted by Gasteiger charge is 2.39. The Labute approximate surface area is 106 Å². The van der Waals surface area contributed by atoms with Crippen molar-refractivity contribution in [2.45, 2.75) is 33.2 Å². The number of rotatable bonds is 6. The van der Waals surface area contributed by atoms with Gasteiger partial charge in [-0.25, -0.2) is 0 Å². The third-order valence-corrected chi connectivity index (χ3v) is 3.24. The zero-order chi connectivity index (χ0) is 13.6. The SMILES string of the molecule is CCC(CC)(C(=O)NCc1ccco1)C(N)=NO. The largest absolute Gasteiger partial charge is 0.467 e. The zero-order valence-corrected chi connectivity index (χ0v) is 10.6. The number of nitrogens with one attached hydrogen (secondary N) is 1. The average Bonchev–Trinajstić information content (AvgIpc) is 2.91. The van der Waals surface area contributed by atoms with Crippen molar-refractivity contribution in [2.24, 2.45) is 16.3 Å². The molecule has 100 valence electrons. The molecule has 0 radical (unpaired) electrons. The van der Waals surface area contributed by atoms with Crippen LogP contribution in [0.4, 0.5) is 0 Å². The van der Waals surface area contributed by atoms with Crippen LogP contribution in [0.1, 0.15) is 32.4 Å². The Balaban J connectivity index is 2.77. The summed E-state index contributed by atoms with van der Waals surface area (Å²) >= 11 is 0. The molecule has 1 heterocycles. The fourth-order valence-electron chi connectivity index (χ4n) is 1.90. The van der Waals surface area contributed by atoms with Crippen molar-refractivity contribution >= 4 is 11.7 Å². The van der Waals surface area contributed by atoms with Crippen LogP contribution < -0.4 is 11.1 Å². The van der Waals surface area contributed by atoms with Gasteiger partial charge in [0.25, 0.3) is 0 Å². The summed E-state index contributed by atoms with van der Waals surface area (Å²) < 4.78 is 5.13. The molecule has 0 fully saturated rings. The first kappa shape index (κ1) is 14.1. The van der Waals surface area contributed by atoms with Crippen LogP contribution in [0.2, 0.25) is 0 Å². The quantitative estimate of drug-likeness (QED) is 0.309. The van der Waals surface area contributed by atoms with Crippen LogP contribution in [0.5, 0.6) is 0 Å². The first-order valence-corrected chi connectivity index (χ1v) is 5.89. The number of amides is 1. The van der Waals surface area contributed by atoms with Gasteiger partial charge in [0.05, 0.1) is 12.8 Å². The van der Waals surface area contributed by atoms with Crippen LogP contribution in [-0.4, -0.2) is 17.0 Å². The lowest BCUT2D eigenvalue weighted by Crippen LogP contribution is -2.49. The van der Waals surface area contributed by atoms with E-state index in [1.165, 1.54) is 6.26 Å². The topological polar surface area (TPSA) is 101 Å². The average molecular weight is 253 g/mol. The van der Waals surface area contributed by atoms with Crippen LogP contribution in [0.25, 0.3) is 0 Å². The molecular formula is C12H19N3O3. The molecule has 0 aliphatic heterocycles. The van der Waals surface area contributed by atoms with Gasteiger partial charge in [-0.1, -0.05) is 19.0 Å². The van der Waals surface area contributed by atoms with Gasteiger partial charge >= 0.3 is 0 Å². The van der Waals surface area contributed by atoms with Crippen molar-refractivity contribution < 1.29 is 14.4 Å². The molecule has 6 heteroatoms. The first-order valence-electron chi connectivity index (χ1n) is 5.89. The highest BCUT2D eigenvalue weighted by Crippen LogP contribution is 2.27. The summed E-state index contributed by atoms with van der Waals surface area (Å²) in [5.41, 5.74) is 4.67. The Morgan fingerprint density at radius 2 is 2.22 bits per heavy atom. The minimum Gasteiger partial charge on any atom is -0.467 e. The second-order valence-corrected chi connectivity index (χ2v) is 4.04. The molecule has 1 amide bonds. The number of nitrogens with zero attached hydrogens (tertiary/aromatic N) is 1. The van der Waals surface area contributed by atoms with Gasteiger partial charge in [0.2, 0.25) is 5.91 Å². The van der Waals surface area contributed by atoms with E-state index < -0.39 is 5.41 Å². The lowest BCUT2D eigenvalue weighted by molar-refractivity contribution is -0.128. The summed E-state index contributed by atoms with van der Waals surface area (Å²) in [5, 5.41) is 14.5. The van der Waals surface area contributed by atoms with E-state index in [1.807, 2.05) is 13.8 Å². The summed E-state index contributed by atoms with van der Waals surface area (Å²) in [4.78, 5) is 12.2. The van der Waals surface area contributed by atoms with Crippen LogP contribution in [0, 0.1) is 5.41 Å². The van der Waals surface area contributed by atoms with Crippen LogP contribution in [0.3, 0.4) is 0 Å². The second kappa shape index (κ2) is 6.09. The van der Waals surface area contributed by atoms with Gasteiger partial charge in [-0.05, 0) is 25.0 Å². The standard InChI is InChI=1S/C12H19N3O3/c1-3-12(4-2,10(13)15-17)11(16)14-8-9-6-5-7-18-9/h5-7,17H,3-4,8H2,1-2H3,(H2,13,15)(H,14,16). The number of hydrogen-bond acceptors (Lipinski definition) is 4. The number of carbonyl (C=O) groups excluding carboxylic acids is 1. The lowest BCUT2D eigenvalue weighted by atomic mass is 9.80. The van der Waals surface area contributed by atoms with Gasteiger partial charge in [-0.15, -0.1) is 0 Å². The molecule has 4 N–H and O–H groups in total. The van der Waals surface area contributed by atoms with Crippen molar-refractivity contribution in [2.75, 3.05) is 0 Å². The number of hydrogen-bond donors (Lipinski definition) is 3. The van der Waals surface area contributed by atoms with E-state index in [4.69, 9.17) is 15.4 Å². The molecule has 0 bridgehead atoms. The number of amidine groups is 1. The molecule has 18 heavy (non-hydrogen) atoms. The minimum absolute atomic E-state index is 0.0653. The maximum absolute atomic E-state index is 12.2. The molecular weight excluding hydrogens is 234 g/mol. The van der Waals surface area contributed by atoms with Crippen molar-refractivity contribution in [3.8, 4) is 0 Å².